The van der Waals surface area contributed by atoms with Crippen molar-refractivity contribution in [3.8, 4) is 0 Å². The molecule has 2 N–H and O–H groups in total. The molecule has 2 aromatic rings. The summed E-state index contributed by atoms with van der Waals surface area (Å²) in [7, 11) is 2.04. The molecule has 22 heavy (non-hydrogen) atoms. The van der Waals surface area contributed by atoms with Crippen LogP contribution in [0.25, 0.3) is 0 Å². The Morgan fingerprint density at radius 2 is 2.00 bits per heavy atom. The fraction of sp³-hybridized carbons (Fsp3) is 0.312. The van der Waals surface area contributed by atoms with Gasteiger partial charge in [0.1, 0.15) is 0 Å². The molecule has 1 amide bonds. The molecule has 2 heterocycles. The zero-order valence-electron chi connectivity index (χ0n) is 12.7. The number of likely N-dealkylation sites (N-methyl/N-ethyl adjacent to an activating group) is 1. The summed E-state index contributed by atoms with van der Waals surface area (Å²) in [6, 6.07) is 8.17. The van der Waals surface area contributed by atoms with Crippen LogP contribution >= 0.6 is 0 Å². The number of rotatable bonds is 1. The Labute approximate surface area is 129 Å². The van der Waals surface area contributed by atoms with Crippen LogP contribution in [0.2, 0.25) is 0 Å². The number of aromatic nitrogens is 2. The minimum absolute atomic E-state index is 0.0475. The van der Waals surface area contributed by atoms with E-state index in [1.165, 1.54) is 12.4 Å². The van der Waals surface area contributed by atoms with Gasteiger partial charge in [-0.25, -0.2) is 9.97 Å². The van der Waals surface area contributed by atoms with Gasteiger partial charge in [0.05, 0.1) is 0 Å². The molecule has 0 fully saturated rings. The van der Waals surface area contributed by atoms with Crippen LogP contribution in [0.5, 0.6) is 0 Å². The molecule has 1 aromatic heterocycles. The van der Waals surface area contributed by atoms with Gasteiger partial charge >= 0.3 is 0 Å². The molecular weight excluding hydrogens is 278 g/mol. The number of amides is 1. The predicted molar refractivity (Wildman–Crippen MR) is 85.5 cm³/mol. The van der Waals surface area contributed by atoms with E-state index in [1.54, 1.807) is 0 Å². The Morgan fingerprint density at radius 1 is 1.27 bits per heavy atom. The van der Waals surface area contributed by atoms with Crippen molar-refractivity contribution in [2.75, 3.05) is 24.2 Å². The van der Waals surface area contributed by atoms with Gasteiger partial charge < -0.3 is 15.5 Å². The summed E-state index contributed by atoms with van der Waals surface area (Å²) >= 11 is 0. The van der Waals surface area contributed by atoms with Crippen LogP contribution in [0.3, 0.4) is 0 Å². The lowest BCUT2D eigenvalue weighted by molar-refractivity contribution is 0.0682. The fourth-order valence-electron chi connectivity index (χ4n) is 2.87. The van der Waals surface area contributed by atoms with Gasteiger partial charge in [-0.15, -0.1) is 0 Å². The zero-order chi connectivity index (χ0) is 15.7. The molecule has 6 nitrogen and oxygen atoms in total. The van der Waals surface area contributed by atoms with E-state index in [9.17, 15) is 4.79 Å². The Balaban J connectivity index is 1.97. The van der Waals surface area contributed by atoms with E-state index in [4.69, 9.17) is 5.73 Å². The van der Waals surface area contributed by atoms with Crippen LogP contribution in [-0.2, 0) is 6.54 Å². The minimum atomic E-state index is -0.178. The van der Waals surface area contributed by atoms with E-state index in [2.05, 4.69) is 20.9 Å². The van der Waals surface area contributed by atoms with Gasteiger partial charge in [-0.1, -0.05) is 18.2 Å². The number of anilines is 2. The van der Waals surface area contributed by atoms with E-state index in [0.29, 0.717) is 6.54 Å². The summed E-state index contributed by atoms with van der Waals surface area (Å²) in [5.41, 5.74) is 8.29. The average Bonchev–Trinajstić information content (AvgIpc) is 2.64. The van der Waals surface area contributed by atoms with Crippen molar-refractivity contribution in [1.29, 1.82) is 0 Å². The molecule has 1 unspecified atom stereocenters. The summed E-state index contributed by atoms with van der Waals surface area (Å²) in [5.74, 6) is -0.00575. The smallest absolute Gasteiger partial charge is 0.276 e. The van der Waals surface area contributed by atoms with Crippen molar-refractivity contribution < 1.29 is 4.79 Å². The Kier molecular flexibility index (Phi) is 3.66. The lowest BCUT2D eigenvalue weighted by atomic mass is 10.1. The van der Waals surface area contributed by atoms with Gasteiger partial charge in [0.2, 0.25) is 0 Å². The number of benzene rings is 1. The van der Waals surface area contributed by atoms with E-state index in [0.717, 1.165) is 17.8 Å². The minimum Gasteiger partial charge on any atom is -0.382 e. The van der Waals surface area contributed by atoms with Crippen LogP contribution in [0, 0.1) is 0 Å². The molecule has 6 heteroatoms. The first-order valence-electron chi connectivity index (χ1n) is 7.24. The number of nitrogen functional groups attached to an aromatic ring is 1. The summed E-state index contributed by atoms with van der Waals surface area (Å²) < 4.78 is 0. The molecule has 0 saturated heterocycles. The first kappa shape index (κ1) is 14.3. The van der Waals surface area contributed by atoms with Crippen LogP contribution in [-0.4, -0.2) is 40.4 Å². The highest BCUT2D eigenvalue weighted by atomic mass is 16.2. The Bertz CT molecular complexity index is 702. The maximum absolute atomic E-state index is 12.8. The number of hydrogen-bond donors (Lipinski definition) is 1. The van der Waals surface area contributed by atoms with Gasteiger partial charge in [-0.05, 0) is 18.6 Å². The second-order valence-corrected chi connectivity index (χ2v) is 5.58. The third-order valence-corrected chi connectivity index (χ3v) is 4.00. The fourth-order valence-corrected chi connectivity index (χ4v) is 2.87. The van der Waals surface area contributed by atoms with E-state index < -0.39 is 0 Å². The average molecular weight is 297 g/mol. The number of fused-ring (bicyclic) bond motifs is 1. The summed E-state index contributed by atoms with van der Waals surface area (Å²) in [4.78, 5) is 24.9. The number of carbonyl (C=O) groups is 1. The second kappa shape index (κ2) is 5.63. The summed E-state index contributed by atoms with van der Waals surface area (Å²) in [6.07, 6.45) is 2.98. The van der Waals surface area contributed by atoms with E-state index >= 15 is 0 Å². The van der Waals surface area contributed by atoms with Gasteiger partial charge in [-0.2, -0.15) is 0 Å². The van der Waals surface area contributed by atoms with Gasteiger partial charge in [0.15, 0.2) is 11.5 Å². The molecular formula is C16H19N5O. The van der Waals surface area contributed by atoms with Crippen molar-refractivity contribution in [3.05, 3.63) is 47.9 Å². The second-order valence-electron chi connectivity index (χ2n) is 5.58. The predicted octanol–water partition coefficient (Wildman–Crippen LogP) is 1.54. The maximum atomic E-state index is 12.8. The zero-order valence-corrected chi connectivity index (χ0v) is 12.7. The molecule has 1 atom stereocenters. The first-order valence-corrected chi connectivity index (χ1v) is 7.24. The number of carbonyl (C=O) groups excluding carboxylic acids is 1. The molecule has 0 radical (unpaired) electrons. The molecule has 114 valence electrons. The highest BCUT2D eigenvalue weighted by Crippen LogP contribution is 2.27. The molecule has 1 aromatic carbocycles. The molecule has 0 saturated carbocycles. The first-order chi connectivity index (χ1) is 10.6. The van der Waals surface area contributed by atoms with Crippen molar-refractivity contribution in [2.24, 2.45) is 0 Å². The lowest BCUT2D eigenvalue weighted by Gasteiger charge is -2.28. The molecule has 0 aliphatic carbocycles. The quantitative estimate of drug-likeness (QED) is 0.864. The number of para-hydroxylation sites is 1. The maximum Gasteiger partial charge on any atom is 0.276 e. The van der Waals surface area contributed by atoms with E-state index in [-0.39, 0.29) is 23.5 Å². The van der Waals surface area contributed by atoms with E-state index in [1.807, 2.05) is 37.1 Å². The third kappa shape index (κ3) is 2.47. The molecule has 1 aliphatic heterocycles. The topological polar surface area (TPSA) is 75.3 Å². The molecule has 0 bridgehead atoms. The summed E-state index contributed by atoms with van der Waals surface area (Å²) in [5, 5.41) is 0. The van der Waals surface area contributed by atoms with Crippen molar-refractivity contribution >= 4 is 17.4 Å². The van der Waals surface area contributed by atoms with Gasteiger partial charge in [0.25, 0.3) is 5.91 Å². The molecule has 0 spiro atoms. The van der Waals surface area contributed by atoms with Gasteiger partial charge in [-0.3, -0.25) is 4.79 Å². The monoisotopic (exact) mass is 297 g/mol. The standard InChI is InChI=1S/C16H19N5O/c1-11-9-20(2)13-6-4-3-5-12(13)10-21(11)16(22)14-15(17)19-8-7-18-14/h3-8,11H,9-10H2,1-2H3,(H2,17,19). The highest BCUT2D eigenvalue weighted by molar-refractivity contribution is 5.96. The van der Waals surface area contributed by atoms with Crippen LogP contribution in [0.15, 0.2) is 36.7 Å². The number of nitrogens with two attached hydrogens (primary N) is 1. The van der Waals surface area contributed by atoms with Crippen molar-refractivity contribution in [3.63, 3.8) is 0 Å². The third-order valence-electron chi connectivity index (χ3n) is 4.00. The van der Waals surface area contributed by atoms with Crippen LogP contribution in [0.1, 0.15) is 23.0 Å². The van der Waals surface area contributed by atoms with Crippen molar-refractivity contribution in [2.45, 2.75) is 19.5 Å². The highest BCUT2D eigenvalue weighted by Gasteiger charge is 2.29. The SMILES string of the molecule is CC1CN(C)c2ccccc2CN1C(=O)c1nccnc1N. The molecule has 1 aliphatic rings. The Morgan fingerprint density at radius 3 is 2.77 bits per heavy atom. The van der Waals surface area contributed by atoms with Crippen LogP contribution in [0.4, 0.5) is 11.5 Å². The lowest BCUT2D eigenvalue weighted by Crippen LogP contribution is -2.42. The summed E-state index contributed by atoms with van der Waals surface area (Å²) in [6.45, 7) is 3.33. The largest absolute Gasteiger partial charge is 0.382 e. The molecule has 3 rings (SSSR count). The van der Waals surface area contributed by atoms with Gasteiger partial charge in [0, 0.05) is 44.3 Å². The normalized spacial score (nSPS) is 17.8. The van der Waals surface area contributed by atoms with Crippen LogP contribution < -0.4 is 10.6 Å². The van der Waals surface area contributed by atoms with Crippen molar-refractivity contribution in [1.82, 2.24) is 14.9 Å². The number of hydrogen-bond acceptors (Lipinski definition) is 5. The number of nitrogens with zero attached hydrogens (tertiary/aromatic N) is 4. The Hall–Kier alpha value is -2.63.